The number of hydrogen-bond donors (Lipinski definition) is 0. The molecule has 5 rings (SSSR count). The number of esters is 1. The number of methoxy groups -OCH3 is 2. The van der Waals surface area contributed by atoms with Gasteiger partial charge in [-0.25, -0.2) is 9.79 Å². The molecular formula is C29H24Br2N2O6S. The highest BCUT2D eigenvalue weighted by atomic mass is 79.9. The number of rotatable bonds is 7. The molecule has 206 valence electrons. The van der Waals surface area contributed by atoms with E-state index in [0.29, 0.717) is 43.6 Å². The Labute approximate surface area is 250 Å². The number of benzene rings is 2. The summed E-state index contributed by atoms with van der Waals surface area (Å²) in [7, 11) is 3.08. The first-order valence-electron chi connectivity index (χ1n) is 12.2. The maximum atomic E-state index is 13.9. The van der Waals surface area contributed by atoms with Crippen molar-refractivity contribution in [3.05, 3.63) is 99.8 Å². The molecule has 3 heterocycles. The van der Waals surface area contributed by atoms with Gasteiger partial charge in [0.15, 0.2) is 16.3 Å². The Morgan fingerprint density at radius 1 is 1.10 bits per heavy atom. The lowest BCUT2D eigenvalue weighted by Gasteiger charge is -2.25. The lowest BCUT2D eigenvalue weighted by Crippen LogP contribution is -2.39. The molecule has 0 N–H and O–H groups in total. The molecule has 2 aromatic carbocycles. The number of carbonyl (C=O) groups is 1. The SMILES string of the molecule is CCOC(=O)C1=C(C)N=c2s/c(=C/c3ccc(-c4cc(Br)ccc4Br)o3)c(=O)n2[C@H]1c1ccc(OC)c(OC)c1. The van der Waals surface area contributed by atoms with E-state index in [1.807, 2.05) is 30.3 Å². The van der Waals surface area contributed by atoms with Crippen molar-refractivity contribution in [1.29, 1.82) is 0 Å². The molecule has 1 aliphatic heterocycles. The molecule has 0 saturated heterocycles. The van der Waals surface area contributed by atoms with E-state index in [-0.39, 0.29) is 17.7 Å². The number of allylic oxidation sites excluding steroid dienone is 1. The van der Waals surface area contributed by atoms with E-state index in [4.69, 9.17) is 18.6 Å². The molecule has 1 aliphatic rings. The average molecular weight is 688 g/mol. The van der Waals surface area contributed by atoms with Crippen LogP contribution in [0.15, 0.2) is 83.0 Å². The Morgan fingerprint density at radius 3 is 2.60 bits per heavy atom. The molecule has 4 aromatic rings. The molecule has 0 aliphatic carbocycles. The zero-order chi connectivity index (χ0) is 28.6. The number of thiazole rings is 1. The molecule has 11 heteroatoms. The van der Waals surface area contributed by atoms with Crippen molar-refractivity contribution in [3.8, 4) is 22.8 Å². The first-order chi connectivity index (χ1) is 19.2. The van der Waals surface area contributed by atoms with Crippen LogP contribution in [0.2, 0.25) is 0 Å². The van der Waals surface area contributed by atoms with Crippen molar-refractivity contribution in [3.63, 3.8) is 0 Å². The highest BCUT2D eigenvalue weighted by Crippen LogP contribution is 2.36. The van der Waals surface area contributed by atoms with Crippen LogP contribution in [0.3, 0.4) is 0 Å². The minimum atomic E-state index is -0.776. The Bertz CT molecular complexity index is 1840. The van der Waals surface area contributed by atoms with Gasteiger partial charge in [-0.05, 0) is 61.9 Å². The van der Waals surface area contributed by atoms with Gasteiger partial charge in [0.25, 0.3) is 5.56 Å². The van der Waals surface area contributed by atoms with E-state index in [0.717, 1.165) is 14.5 Å². The van der Waals surface area contributed by atoms with Gasteiger partial charge in [-0.3, -0.25) is 9.36 Å². The topological polar surface area (TPSA) is 92.3 Å². The summed E-state index contributed by atoms with van der Waals surface area (Å²) in [5.74, 6) is 1.63. The largest absolute Gasteiger partial charge is 0.493 e. The maximum absolute atomic E-state index is 13.9. The molecule has 2 aromatic heterocycles. The Hall–Kier alpha value is -3.41. The smallest absolute Gasteiger partial charge is 0.338 e. The van der Waals surface area contributed by atoms with Gasteiger partial charge in [0.1, 0.15) is 11.5 Å². The number of aromatic nitrogens is 1. The van der Waals surface area contributed by atoms with Gasteiger partial charge in [-0.1, -0.05) is 49.3 Å². The molecular weight excluding hydrogens is 664 g/mol. The number of ether oxygens (including phenoxy) is 3. The van der Waals surface area contributed by atoms with Crippen LogP contribution in [0.5, 0.6) is 11.5 Å². The van der Waals surface area contributed by atoms with Crippen LogP contribution >= 0.6 is 43.2 Å². The molecule has 0 radical (unpaired) electrons. The standard InChI is InChI=1S/C29H24Br2N2O6S/c1-5-38-28(35)25-15(2)32-29-33(26(25)16-6-10-22(36-3)23(12-16)37-4)27(34)24(40-29)14-18-8-11-21(39-18)19-13-17(30)7-9-20(19)31/h6-14,26H,5H2,1-4H3/b24-14+/t26-/m0/s1. The molecule has 8 nitrogen and oxygen atoms in total. The van der Waals surface area contributed by atoms with Gasteiger partial charge in [0.05, 0.1) is 42.7 Å². The van der Waals surface area contributed by atoms with Crippen LogP contribution in [0.25, 0.3) is 17.4 Å². The van der Waals surface area contributed by atoms with Gasteiger partial charge in [0.2, 0.25) is 0 Å². The summed E-state index contributed by atoms with van der Waals surface area (Å²) < 4.78 is 26.1. The second kappa shape index (κ2) is 11.6. The third kappa shape index (κ3) is 5.21. The van der Waals surface area contributed by atoms with Crippen LogP contribution in [-0.4, -0.2) is 31.4 Å². The van der Waals surface area contributed by atoms with Crippen molar-refractivity contribution in [2.24, 2.45) is 4.99 Å². The van der Waals surface area contributed by atoms with Gasteiger partial charge in [-0.2, -0.15) is 0 Å². The lowest BCUT2D eigenvalue weighted by molar-refractivity contribution is -0.139. The minimum absolute atomic E-state index is 0.188. The molecule has 0 unspecified atom stereocenters. The highest BCUT2D eigenvalue weighted by Gasteiger charge is 2.34. The summed E-state index contributed by atoms with van der Waals surface area (Å²) in [6, 6.07) is 14.0. The molecule has 0 saturated carbocycles. The van der Waals surface area contributed by atoms with E-state index < -0.39 is 12.0 Å². The summed E-state index contributed by atoms with van der Waals surface area (Å²) in [6.45, 7) is 3.66. The van der Waals surface area contributed by atoms with E-state index in [2.05, 4.69) is 36.9 Å². The highest BCUT2D eigenvalue weighted by molar-refractivity contribution is 9.11. The number of furan rings is 1. The van der Waals surface area contributed by atoms with Crippen LogP contribution in [0.4, 0.5) is 0 Å². The fourth-order valence-electron chi connectivity index (χ4n) is 4.52. The van der Waals surface area contributed by atoms with Crippen molar-refractivity contribution < 1.29 is 23.4 Å². The molecule has 0 fully saturated rings. The van der Waals surface area contributed by atoms with Gasteiger partial charge in [-0.15, -0.1) is 0 Å². The second-order valence-electron chi connectivity index (χ2n) is 8.74. The fraction of sp³-hybridized carbons (Fsp3) is 0.207. The van der Waals surface area contributed by atoms with E-state index in [9.17, 15) is 9.59 Å². The predicted molar refractivity (Wildman–Crippen MR) is 159 cm³/mol. The Balaban J connectivity index is 1.66. The van der Waals surface area contributed by atoms with Crippen molar-refractivity contribution in [2.45, 2.75) is 19.9 Å². The zero-order valence-corrected chi connectivity index (χ0v) is 26.0. The van der Waals surface area contributed by atoms with Crippen LogP contribution in [0.1, 0.15) is 31.2 Å². The number of halogens is 2. The normalized spacial score (nSPS) is 15.1. The lowest BCUT2D eigenvalue weighted by atomic mass is 9.95. The third-order valence-electron chi connectivity index (χ3n) is 6.33. The monoisotopic (exact) mass is 686 g/mol. The molecule has 1 atom stereocenters. The summed E-state index contributed by atoms with van der Waals surface area (Å²) in [5.41, 5.74) is 1.99. The first kappa shape index (κ1) is 28.1. The molecule has 40 heavy (non-hydrogen) atoms. The quantitative estimate of drug-likeness (QED) is 0.235. The number of nitrogens with zero attached hydrogens (tertiary/aromatic N) is 2. The summed E-state index contributed by atoms with van der Waals surface area (Å²) in [5, 5.41) is 0. The molecule has 0 amide bonds. The van der Waals surface area contributed by atoms with Gasteiger partial charge >= 0.3 is 5.97 Å². The number of hydrogen-bond acceptors (Lipinski definition) is 8. The Kier molecular flexibility index (Phi) is 8.16. The zero-order valence-electron chi connectivity index (χ0n) is 22.0. The number of carbonyl (C=O) groups excluding carboxylic acids is 1. The van der Waals surface area contributed by atoms with Gasteiger partial charge < -0.3 is 18.6 Å². The minimum Gasteiger partial charge on any atom is -0.493 e. The van der Waals surface area contributed by atoms with E-state index >= 15 is 0 Å². The van der Waals surface area contributed by atoms with Crippen LogP contribution in [0, 0.1) is 0 Å². The van der Waals surface area contributed by atoms with E-state index in [1.54, 1.807) is 45.2 Å². The van der Waals surface area contributed by atoms with Crippen molar-refractivity contribution in [1.82, 2.24) is 4.57 Å². The first-order valence-corrected chi connectivity index (χ1v) is 14.6. The predicted octanol–water partition coefficient (Wildman–Crippen LogP) is 5.60. The third-order valence-corrected chi connectivity index (χ3v) is 8.50. The van der Waals surface area contributed by atoms with Crippen molar-refractivity contribution in [2.75, 3.05) is 20.8 Å². The summed E-state index contributed by atoms with van der Waals surface area (Å²) in [4.78, 5) is 32.1. The van der Waals surface area contributed by atoms with Crippen LogP contribution in [-0.2, 0) is 9.53 Å². The second-order valence-corrected chi connectivity index (χ2v) is 11.5. The number of fused-ring (bicyclic) bond motifs is 1. The van der Waals surface area contributed by atoms with Crippen molar-refractivity contribution >= 4 is 55.2 Å². The molecule has 0 bridgehead atoms. The Morgan fingerprint density at radius 2 is 1.88 bits per heavy atom. The van der Waals surface area contributed by atoms with Gasteiger partial charge in [0, 0.05) is 20.6 Å². The fourth-order valence-corrected chi connectivity index (χ4v) is 6.35. The van der Waals surface area contributed by atoms with Crippen LogP contribution < -0.4 is 24.4 Å². The summed E-state index contributed by atoms with van der Waals surface area (Å²) in [6.07, 6.45) is 1.69. The average Bonchev–Trinajstić information content (AvgIpc) is 3.53. The summed E-state index contributed by atoms with van der Waals surface area (Å²) >= 11 is 8.28. The van der Waals surface area contributed by atoms with E-state index in [1.165, 1.54) is 23.0 Å². The maximum Gasteiger partial charge on any atom is 0.338 e. The molecule has 0 spiro atoms.